The van der Waals surface area contributed by atoms with E-state index in [1.54, 1.807) is 12.1 Å². The molecule has 2 aromatic rings. The fourth-order valence-corrected chi connectivity index (χ4v) is 3.77. The number of nitrogens with zero attached hydrogens (tertiary/aromatic N) is 2. The largest absolute Gasteiger partial charge is 0.350 e. The summed E-state index contributed by atoms with van der Waals surface area (Å²) in [6.45, 7) is 8.24. The lowest BCUT2D eigenvalue weighted by atomic mass is 9.97. The van der Waals surface area contributed by atoms with Crippen molar-refractivity contribution in [2.24, 2.45) is 0 Å². The van der Waals surface area contributed by atoms with Gasteiger partial charge in [0.05, 0.1) is 30.4 Å². The third-order valence-electron chi connectivity index (χ3n) is 4.68. The Morgan fingerprint density at radius 3 is 2.48 bits per heavy atom. The van der Waals surface area contributed by atoms with Crippen LogP contribution in [0.25, 0.3) is 17.3 Å². The zero-order valence-electron chi connectivity index (χ0n) is 18.3. The zero-order valence-corrected chi connectivity index (χ0v) is 19.2. The van der Waals surface area contributed by atoms with Crippen molar-refractivity contribution < 1.29 is 22.3 Å². The van der Waals surface area contributed by atoms with Gasteiger partial charge in [0.2, 0.25) is 16.0 Å². The fourth-order valence-electron chi connectivity index (χ4n) is 3.35. The minimum absolute atomic E-state index is 0.0194. The molecular formula is C22H28FN3O4S. The highest BCUT2D eigenvalue weighted by molar-refractivity contribution is 7.91. The van der Waals surface area contributed by atoms with Crippen molar-refractivity contribution in [3.05, 3.63) is 47.4 Å². The van der Waals surface area contributed by atoms with Crippen LogP contribution in [0.5, 0.6) is 0 Å². The lowest BCUT2D eigenvalue weighted by Gasteiger charge is -2.34. The average molecular weight is 450 g/mol. The van der Waals surface area contributed by atoms with Gasteiger partial charge in [-0.1, -0.05) is 26.0 Å². The van der Waals surface area contributed by atoms with Crippen molar-refractivity contribution in [3.63, 3.8) is 0 Å². The van der Waals surface area contributed by atoms with E-state index in [0.29, 0.717) is 30.0 Å². The van der Waals surface area contributed by atoms with Crippen LogP contribution in [0.2, 0.25) is 0 Å². The predicted octanol–water partition coefficient (Wildman–Crippen LogP) is 4.33. The smallest absolute Gasteiger partial charge is 0.237 e. The number of hydrogen-bond donors (Lipinski definition) is 1. The summed E-state index contributed by atoms with van der Waals surface area (Å²) in [5.74, 6) is -1.08. The van der Waals surface area contributed by atoms with Gasteiger partial charge in [-0.3, -0.25) is 4.72 Å². The van der Waals surface area contributed by atoms with Crippen molar-refractivity contribution >= 4 is 22.0 Å². The minimum Gasteiger partial charge on any atom is -0.350 e. The topological polar surface area (TPSA) is 90.4 Å². The van der Waals surface area contributed by atoms with E-state index in [9.17, 15) is 12.8 Å². The standard InChI is InChI=1S/C22H28FN3O4S/c1-14(2)19-18(11-10-17-12-13-29-22(3,4)30-17)20(15-6-8-16(23)9-7-15)25-21(24-19)26-31(5,27)28/h6-11,14,17H,12-13H2,1-5H3,(H,24,25,26)/b11-10+. The highest BCUT2D eigenvalue weighted by Gasteiger charge is 2.28. The molecule has 1 aromatic carbocycles. The number of nitrogens with one attached hydrogen (secondary N) is 1. The Bertz CT molecular complexity index is 1070. The molecule has 2 heterocycles. The number of rotatable bonds is 6. The van der Waals surface area contributed by atoms with E-state index in [2.05, 4.69) is 14.7 Å². The molecule has 0 amide bonds. The summed E-state index contributed by atoms with van der Waals surface area (Å²) >= 11 is 0. The first kappa shape index (κ1) is 23.3. The second kappa shape index (κ2) is 9.02. The maximum Gasteiger partial charge on any atom is 0.237 e. The van der Waals surface area contributed by atoms with E-state index >= 15 is 0 Å². The van der Waals surface area contributed by atoms with Gasteiger partial charge < -0.3 is 9.47 Å². The fraction of sp³-hybridized carbons (Fsp3) is 0.455. The molecule has 0 aliphatic carbocycles. The summed E-state index contributed by atoms with van der Waals surface area (Å²) in [5.41, 5.74) is 2.55. The first-order valence-electron chi connectivity index (χ1n) is 10.1. The van der Waals surface area contributed by atoms with Crippen LogP contribution in [0.4, 0.5) is 10.3 Å². The van der Waals surface area contributed by atoms with Gasteiger partial charge >= 0.3 is 0 Å². The van der Waals surface area contributed by atoms with Gasteiger partial charge in [0.25, 0.3) is 0 Å². The van der Waals surface area contributed by atoms with Crippen molar-refractivity contribution in [1.29, 1.82) is 0 Å². The van der Waals surface area contributed by atoms with E-state index in [4.69, 9.17) is 9.47 Å². The molecule has 0 spiro atoms. The van der Waals surface area contributed by atoms with Crippen molar-refractivity contribution in [2.45, 2.75) is 51.9 Å². The van der Waals surface area contributed by atoms with Gasteiger partial charge in [0, 0.05) is 17.5 Å². The Kier molecular flexibility index (Phi) is 6.78. The quantitative estimate of drug-likeness (QED) is 0.706. The molecule has 1 aromatic heterocycles. The molecule has 1 N–H and O–H groups in total. The lowest BCUT2D eigenvalue weighted by molar-refractivity contribution is -0.262. The third-order valence-corrected chi connectivity index (χ3v) is 5.23. The summed E-state index contributed by atoms with van der Waals surface area (Å²) in [6.07, 6.45) is 5.42. The Morgan fingerprint density at radius 1 is 1.23 bits per heavy atom. The molecule has 0 bridgehead atoms. The highest BCUT2D eigenvalue weighted by atomic mass is 32.2. The molecule has 3 rings (SSSR count). The molecule has 9 heteroatoms. The molecule has 0 radical (unpaired) electrons. The van der Waals surface area contributed by atoms with Crippen LogP contribution >= 0.6 is 0 Å². The van der Waals surface area contributed by atoms with Crippen LogP contribution in [-0.2, 0) is 19.5 Å². The van der Waals surface area contributed by atoms with E-state index in [-0.39, 0.29) is 23.8 Å². The molecular weight excluding hydrogens is 421 g/mol. The molecule has 168 valence electrons. The highest BCUT2D eigenvalue weighted by Crippen LogP contribution is 2.31. The average Bonchev–Trinajstić information content (AvgIpc) is 2.65. The predicted molar refractivity (Wildman–Crippen MR) is 119 cm³/mol. The number of benzene rings is 1. The minimum atomic E-state index is -3.57. The molecule has 1 aliphatic rings. The molecule has 31 heavy (non-hydrogen) atoms. The van der Waals surface area contributed by atoms with Crippen LogP contribution in [-0.4, -0.2) is 43.1 Å². The summed E-state index contributed by atoms with van der Waals surface area (Å²) < 4.78 is 50.9. The maximum absolute atomic E-state index is 13.5. The number of halogens is 1. The van der Waals surface area contributed by atoms with Crippen LogP contribution in [0.1, 0.15) is 51.3 Å². The van der Waals surface area contributed by atoms with Crippen LogP contribution < -0.4 is 4.72 Å². The molecule has 0 saturated carbocycles. The van der Waals surface area contributed by atoms with Crippen molar-refractivity contribution in [2.75, 3.05) is 17.6 Å². The van der Waals surface area contributed by atoms with Gasteiger partial charge in [-0.2, -0.15) is 0 Å². The first-order chi connectivity index (χ1) is 14.4. The monoisotopic (exact) mass is 449 g/mol. The Balaban J connectivity index is 2.12. The SMILES string of the molecule is CC(C)c1nc(NS(C)(=O)=O)nc(-c2ccc(F)cc2)c1/C=C/C1CCOC(C)(C)O1. The molecule has 1 fully saturated rings. The maximum atomic E-state index is 13.5. The molecule has 1 atom stereocenters. The Labute approximate surface area is 182 Å². The summed E-state index contributed by atoms with van der Waals surface area (Å²) in [4.78, 5) is 8.91. The zero-order chi connectivity index (χ0) is 22.8. The van der Waals surface area contributed by atoms with Crippen LogP contribution in [0.15, 0.2) is 30.3 Å². The second-order valence-corrected chi connectivity index (χ2v) is 10.0. The number of aromatic nitrogens is 2. The van der Waals surface area contributed by atoms with E-state index < -0.39 is 15.8 Å². The number of anilines is 1. The third kappa shape index (κ3) is 6.32. The second-order valence-electron chi connectivity index (χ2n) is 8.28. The van der Waals surface area contributed by atoms with Crippen LogP contribution in [0, 0.1) is 5.82 Å². The van der Waals surface area contributed by atoms with Gasteiger partial charge in [0.15, 0.2) is 5.79 Å². The molecule has 1 unspecified atom stereocenters. The van der Waals surface area contributed by atoms with E-state index in [1.807, 2.05) is 39.8 Å². The van der Waals surface area contributed by atoms with Gasteiger partial charge in [-0.25, -0.2) is 22.8 Å². The first-order valence-corrected chi connectivity index (χ1v) is 12.0. The molecule has 1 aliphatic heterocycles. The Hall–Kier alpha value is -2.36. The van der Waals surface area contributed by atoms with Crippen LogP contribution in [0.3, 0.4) is 0 Å². The van der Waals surface area contributed by atoms with Crippen molar-refractivity contribution in [3.8, 4) is 11.3 Å². The number of sulfonamides is 1. The van der Waals surface area contributed by atoms with Gasteiger partial charge in [-0.05, 0) is 44.0 Å². The lowest BCUT2D eigenvalue weighted by Crippen LogP contribution is -2.38. The van der Waals surface area contributed by atoms with E-state index in [1.165, 1.54) is 12.1 Å². The van der Waals surface area contributed by atoms with Gasteiger partial charge in [-0.15, -0.1) is 0 Å². The normalized spacial score (nSPS) is 19.1. The summed E-state index contributed by atoms with van der Waals surface area (Å²) in [5, 5.41) is 0. The van der Waals surface area contributed by atoms with Gasteiger partial charge in [0.1, 0.15) is 5.82 Å². The molecule has 7 nitrogen and oxygen atoms in total. The Morgan fingerprint density at radius 2 is 1.90 bits per heavy atom. The summed E-state index contributed by atoms with van der Waals surface area (Å²) in [7, 11) is -3.57. The summed E-state index contributed by atoms with van der Waals surface area (Å²) in [6, 6.07) is 5.90. The number of hydrogen-bond acceptors (Lipinski definition) is 6. The molecule has 1 saturated heterocycles. The van der Waals surface area contributed by atoms with Crippen molar-refractivity contribution in [1.82, 2.24) is 9.97 Å². The van der Waals surface area contributed by atoms with E-state index in [0.717, 1.165) is 11.8 Å². The number of ether oxygens (including phenoxy) is 2.